The summed E-state index contributed by atoms with van der Waals surface area (Å²) in [5.41, 5.74) is 2.64. The van der Waals surface area contributed by atoms with Gasteiger partial charge < -0.3 is 10.0 Å². The van der Waals surface area contributed by atoms with Crippen molar-refractivity contribution in [1.82, 2.24) is 4.98 Å². The van der Waals surface area contributed by atoms with Gasteiger partial charge in [0.05, 0.1) is 0 Å². The number of carbonyl (C=O) groups is 1. The number of fused-ring (bicyclic) bond motifs is 1. The van der Waals surface area contributed by atoms with Crippen LogP contribution in [0, 0.1) is 0 Å². The second-order valence-corrected chi connectivity index (χ2v) is 4.31. The van der Waals surface area contributed by atoms with Gasteiger partial charge >= 0.3 is 5.97 Å². The highest BCUT2D eigenvalue weighted by molar-refractivity contribution is 5.85. The summed E-state index contributed by atoms with van der Waals surface area (Å²) in [6.07, 6.45) is 0. The summed E-state index contributed by atoms with van der Waals surface area (Å²) in [5.74, 6) is -0.278. The van der Waals surface area contributed by atoms with Crippen molar-refractivity contribution >= 4 is 11.8 Å². The Balaban J connectivity index is 1.90. The molecule has 0 atom stereocenters. The molecule has 90 valence electrons. The number of aromatic nitrogens is 1. The largest absolute Gasteiger partial charge is 0.477 e. The highest BCUT2D eigenvalue weighted by atomic mass is 16.4. The van der Waals surface area contributed by atoms with Crippen LogP contribution in [0.3, 0.4) is 0 Å². The van der Waals surface area contributed by atoms with Crippen LogP contribution in [0.5, 0.6) is 0 Å². The van der Waals surface area contributed by atoms with Crippen LogP contribution in [-0.2, 0) is 13.1 Å². The molecule has 0 radical (unpaired) electrons. The van der Waals surface area contributed by atoms with Gasteiger partial charge in [-0.3, -0.25) is 0 Å². The normalized spacial score (nSPS) is 13.4. The highest BCUT2D eigenvalue weighted by Gasteiger charge is 2.20. The number of hydrogen-bond donors (Lipinski definition) is 1. The molecule has 1 aromatic heterocycles. The van der Waals surface area contributed by atoms with Gasteiger partial charge in [-0.2, -0.15) is 0 Å². The van der Waals surface area contributed by atoms with Crippen LogP contribution >= 0.6 is 0 Å². The summed E-state index contributed by atoms with van der Waals surface area (Å²) in [6.45, 7) is 1.57. The van der Waals surface area contributed by atoms with E-state index < -0.39 is 5.97 Å². The van der Waals surface area contributed by atoms with Crippen LogP contribution in [0.1, 0.15) is 21.6 Å². The van der Waals surface area contributed by atoms with E-state index in [1.807, 2.05) is 18.2 Å². The summed E-state index contributed by atoms with van der Waals surface area (Å²) < 4.78 is 0. The van der Waals surface area contributed by atoms with Crippen LogP contribution in [0.2, 0.25) is 0 Å². The van der Waals surface area contributed by atoms with Gasteiger partial charge in [-0.05, 0) is 23.3 Å². The minimum absolute atomic E-state index is 0.0865. The zero-order valence-corrected chi connectivity index (χ0v) is 9.71. The van der Waals surface area contributed by atoms with Crippen molar-refractivity contribution in [3.63, 3.8) is 0 Å². The molecule has 1 N–H and O–H groups in total. The van der Waals surface area contributed by atoms with E-state index in [9.17, 15) is 4.79 Å². The Morgan fingerprint density at radius 1 is 1.06 bits per heavy atom. The summed E-state index contributed by atoms with van der Waals surface area (Å²) in [7, 11) is 0. The molecule has 1 aliphatic rings. The molecule has 1 aromatic carbocycles. The Labute approximate surface area is 105 Å². The smallest absolute Gasteiger partial charge is 0.354 e. The second-order valence-electron chi connectivity index (χ2n) is 4.31. The maximum absolute atomic E-state index is 10.9. The van der Waals surface area contributed by atoms with Gasteiger partial charge in [0.25, 0.3) is 0 Å². The third-order valence-electron chi connectivity index (χ3n) is 3.12. The Morgan fingerprint density at radius 2 is 1.72 bits per heavy atom. The zero-order valence-electron chi connectivity index (χ0n) is 9.71. The fourth-order valence-electron chi connectivity index (χ4n) is 2.21. The van der Waals surface area contributed by atoms with Crippen molar-refractivity contribution in [2.24, 2.45) is 0 Å². The fraction of sp³-hybridized carbons (Fsp3) is 0.143. The van der Waals surface area contributed by atoms with Gasteiger partial charge in [-0.25, -0.2) is 9.78 Å². The Hall–Kier alpha value is -2.36. The molecular weight excluding hydrogens is 228 g/mol. The Morgan fingerprint density at radius 3 is 2.33 bits per heavy atom. The van der Waals surface area contributed by atoms with E-state index in [-0.39, 0.29) is 5.69 Å². The van der Waals surface area contributed by atoms with E-state index in [4.69, 9.17) is 5.11 Å². The first-order valence-electron chi connectivity index (χ1n) is 5.76. The Kier molecular flexibility index (Phi) is 2.48. The fourth-order valence-corrected chi connectivity index (χ4v) is 2.21. The molecule has 2 heterocycles. The monoisotopic (exact) mass is 240 g/mol. The molecule has 0 fully saturated rings. The molecule has 1 aliphatic heterocycles. The molecule has 0 spiro atoms. The maximum Gasteiger partial charge on any atom is 0.354 e. The van der Waals surface area contributed by atoms with Crippen LogP contribution < -0.4 is 4.90 Å². The van der Waals surface area contributed by atoms with Crippen LogP contribution in [0.15, 0.2) is 42.5 Å². The van der Waals surface area contributed by atoms with E-state index in [1.165, 1.54) is 17.2 Å². The number of carboxylic acids is 1. The van der Waals surface area contributed by atoms with Crippen LogP contribution in [0.25, 0.3) is 0 Å². The van der Waals surface area contributed by atoms with Crippen molar-refractivity contribution in [3.8, 4) is 0 Å². The summed E-state index contributed by atoms with van der Waals surface area (Å²) in [6, 6.07) is 13.3. The number of aromatic carboxylic acids is 1. The van der Waals surface area contributed by atoms with Crippen molar-refractivity contribution in [2.45, 2.75) is 13.1 Å². The molecule has 0 unspecified atom stereocenters. The van der Waals surface area contributed by atoms with Crippen LogP contribution in [-0.4, -0.2) is 16.1 Å². The molecule has 0 bridgehead atoms. The summed E-state index contributed by atoms with van der Waals surface area (Å²) >= 11 is 0. The van der Waals surface area contributed by atoms with Gasteiger partial charge in [0.2, 0.25) is 0 Å². The molecule has 4 heteroatoms. The van der Waals surface area contributed by atoms with E-state index in [1.54, 1.807) is 6.07 Å². The second kappa shape index (κ2) is 4.14. The molecule has 2 aromatic rings. The van der Waals surface area contributed by atoms with Crippen LogP contribution in [0.4, 0.5) is 5.82 Å². The molecular formula is C14H12N2O2. The lowest BCUT2D eigenvalue weighted by molar-refractivity contribution is 0.0690. The first-order valence-corrected chi connectivity index (χ1v) is 5.76. The molecule has 0 saturated carbocycles. The predicted octanol–water partition coefficient (Wildman–Crippen LogP) is 2.30. The van der Waals surface area contributed by atoms with E-state index in [0.29, 0.717) is 5.82 Å². The number of pyridine rings is 1. The summed E-state index contributed by atoms with van der Waals surface area (Å²) in [5, 5.41) is 8.94. The average Bonchev–Trinajstić information content (AvgIpc) is 2.82. The lowest BCUT2D eigenvalue weighted by atomic mass is 10.1. The molecule has 18 heavy (non-hydrogen) atoms. The number of benzene rings is 1. The average molecular weight is 240 g/mol. The molecule has 4 nitrogen and oxygen atoms in total. The van der Waals surface area contributed by atoms with Gasteiger partial charge in [0.1, 0.15) is 5.82 Å². The summed E-state index contributed by atoms with van der Waals surface area (Å²) in [4.78, 5) is 17.1. The molecule has 0 aliphatic carbocycles. The molecule has 0 amide bonds. The minimum atomic E-state index is -0.992. The van der Waals surface area contributed by atoms with Crippen molar-refractivity contribution in [2.75, 3.05) is 4.90 Å². The predicted molar refractivity (Wildman–Crippen MR) is 67.5 cm³/mol. The highest BCUT2D eigenvalue weighted by Crippen LogP contribution is 2.26. The third kappa shape index (κ3) is 1.82. The lowest BCUT2D eigenvalue weighted by Gasteiger charge is -2.16. The van der Waals surface area contributed by atoms with Gasteiger partial charge in [-0.1, -0.05) is 30.3 Å². The standard InChI is InChI=1S/C14H12N2O2/c17-14(18)12-6-3-7-13(15-12)16-8-10-4-1-2-5-11(10)9-16/h1-7H,8-9H2,(H,17,18). The van der Waals surface area contributed by atoms with Crippen molar-refractivity contribution < 1.29 is 9.90 Å². The topological polar surface area (TPSA) is 53.4 Å². The van der Waals surface area contributed by atoms with E-state index >= 15 is 0 Å². The van der Waals surface area contributed by atoms with E-state index in [0.717, 1.165) is 13.1 Å². The van der Waals surface area contributed by atoms with Gasteiger partial charge in [0, 0.05) is 13.1 Å². The Bertz CT molecular complexity index is 585. The van der Waals surface area contributed by atoms with Crippen molar-refractivity contribution in [3.05, 3.63) is 59.3 Å². The van der Waals surface area contributed by atoms with E-state index in [2.05, 4.69) is 22.0 Å². The quantitative estimate of drug-likeness (QED) is 0.875. The van der Waals surface area contributed by atoms with Crippen molar-refractivity contribution in [1.29, 1.82) is 0 Å². The maximum atomic E-state index is 10.9. The number of rotatable bonds is 2. The number of nitrogens with zero attached hydrogens (tertiary/aromatic N) is 2. The number of anilines is 1. The zero-order chi connectivity index (χ0) is 12.5. The number of hydrogen-bond acceptors (Lipinski definition) is 3. The first-order chi connectivity index (χ1) is 8.74. The minimum Gasteiger partial charge on any atom is -0.477 e. The molecule has 3 rings (SSSR count). The SMILES string of the molecule is O=C(O)c1cccc(N2Cc3ccccc3C2)n1. The third-order valence-corrected chi connectivity index (χ3v) is 3.12. The number of carboxylic acid groups (broad SMARTS) is 1. The van der Waals surface area contributed by atoms with Gasteiger partial charge in [-0.15, -0.1) is 0 Å². The first kappa shape index (κ1) is 10.8. The molecule has 0 saturated heterocycles. The van der Waals surface area contributed by atoms with Gasteiger partial charge in [0.15, 0.2) is 5.69 Å². The lowest BCUT2D eigenvalue weighted by Crippen LogP contribution is -2.17.